The molecule has 0 saturated heterocycles. The maximum absolute atomic E-state index is 12.8. The van der Waals surface area contributed by atoms with Gasteiger partial charge in [-0.1, -0.05) is 75.4 Å². The number of hydrogen-bond acceptors (Lipinski definition) is 1. The molecule has 0 aliphatic heterocycles. The van der Waals surface area contributed by atoms with Gasteiger partial charge in [0.15, 0.2) is 5.78 Å². The zero-order valence-electron chi connectivity index (χ0n) is 14.8. The monoisotopic (exact) mass is 318 g/mol. The van der Waals surface area contributed by atoms with E-state index in [-0.39, 0.29) is 5.92 Å². The van der Waals surface area contributed by atoms with Crippen LogP contribution in [0, 0.1) is 17.8 Å². The second kappa shape index (κ2) is 7.17. The quantitative estimate of drug-likeness (QED) is 0.633. The van der Waals surface area contributed by atoms with Gasteiger partial charge in [0.05, 0.1) is 0 Å². The Morgan fingerprint density at radius 1 is 0.917 bits per heavy atom. The van der Waals surface area contributed by atoms with Crippen molar-refractivity contribution in [2.45, 2.75) is 33.6 Å². The van der Waals surface area contributed by atoms with Crippen LogP contribution in [0.2, 0.25) is 0 Å². The SMILES string of the molecule is CC(C)[C@H]1CC[C@@H](C)C(=Cc2ccc(-c3ccccc3)cc2)C1=O. The Morgan fingerprint density at radius 2 is 1.54 bits per heavy atom. The van der Waals surface area contributed by atoms with Crippen LogP contribution in [0.15, 0.2) is 60.2 Å². The van der Waals surface area contributed by atoms with E-state index in [4.69, 9.17) is 0 Å². The first kappa shape index (κ1) is 16.7. The van der Waals surface area contributed by atoms with Crippen molar-refractivity contribution < 1.29 is 4.79 Å². The Bertz CT molecular complexity index is 722. The van der Waals surface area contributed by atoms with E-state index in [0.29, 0.717) is 17.6 Å². The summed E-state index contributed by atoms with van der Waals surface area (Å²) in [6.07, 6.45) is 4.25. The lowest BCUT2D eigenvalue weighted by Gasteiger charge is -2.30. The number of allylic oxidation sites excluding steroid dienone is 1. The number of Topliss-reactive ketones (excluding diaryl/α,β-unsaturated/α-hetero) is 1. The second-order valence-electron chi connectivity index (χ2n) is 7.28. The summed E-state index contributed by atoms with van der Waals surface area (Å²) in [4.78, 5) is 12.8. The highest BCUT2D eigenvalue weighted by Gasteiger charge is 2.32. The summed E-state index contributed by atoms with van der Waals surface area (Å²) >= 11 is 0. The molecule has 0 aromatic heterocycles. The Kier molecular flexibility index (Phi) is 4.99. The molecule has 0 amide bonds. The number of ketones is 1. The second-order valence-corrected chi connectivity index (χ2v) is 7.28. The zero-order chi connectivity index (χ0) is 17.1. The summed E-state index contributed by atoms with van der Waals surface area (Å²) in [5.74, 6) is 1.34. The topological polar surface area (TPSA) is 17.1 Å². The number of hydrogen-bond donors (Lipinski definition) is 0. The molecule has 0 heterocycles. The molecule has 0 bridgehead atoms. The van der Waals surface area contributed by atoms with E-state index >= 15 is 0 Å². The molecule has 0 radical (unpaired) electrons. The fourth-order valence-electron chi connectivity index (χ4n) is 3.60. The van der Waals surface area contributed by atoms with Crippen LogP contribution in [0.3, 0.4) is 0 Å². The van der Waals surface area contributed by atoms with Gasteiger partial charge in [0.25, 0.3) is 0 Å². The van der Waals surface area contributed by atoms with Gasteiger partial charge in [-0.25, -0.2) is 0 Å². The summed E-state index contributed by atoms with van der Waals surface area (Å²) in [6.45, 7) is 6.49. The zero-order valence-corrected chi connectivity index (χ0v) is 14.8. The minimum absolute atomic E-state index is 0.191. The predicted molar refractivity (Wildman–Crippen MR) is 102 cm³/mol. The average molecular weight is 318 g/mol. The van der Waals surface area contributed by atoms with Gasteiger partial charge in [-0.05, 0) is 53.0 Å². The first-order valence-corrected chi connectivity index (χ1v) is 8.97. The molecule has 1 aliphatic rings. The summed E-state index contributed by atoms with van der Waals surface area (Å²) in [5, 5.41) is 0. The van der Waals surface area contributed by atoms with Crippen molar-refractivity contribution in [2.75, 3.05) is 0 Å². The highest BCUT2D eigenvalue weighted by molar-refractivity contribution is 6.02. The standard InChI is InChI=1S/C23H26O/c1-16(2)21-14-9-17(3)22(23(21)24)15-18-10-12-20(13-11-18)19-7-5-4-6-8-19/h4-8,10-13,15-17,21H,9,14H2,1-3H3/t17-,21-/m1/s1. The first-order chi connectivity index (χ1) is 11.6. The lowest BCUT2D eigenvalue weighted by Crippen LogP contribution is -2.30. The molecule has 2 aromatic carbocycles. The van der Waals surface area contributed by atoms with Gasteiger partial charge in [-0.3, -0.25) is 4.79 Å². The number of benzene rings is 2. The van der Waals surface area contributed by atoms with Crippen LogP contribution in [0.1, 0.15) is 39.2 Å². The molecular weight excluding hydrogens is 292 g/mol. The van der Waals surface area contributed by atoms with Crippen LogP contribution in [0.4, 0.5) is 0 Å². The lowest BCUT2D eigenvalue weighted by atomic mass is 9.73. The van der Waals surface area contributed by atoms with Crippen molar-refractivity contribution in [3.63, 3.8) is 0 Å². The van der Waals surface area contributed by atoms with Crippen LogP contribution in [-0.2, 0) is 4.79 Å². The molecule has 1 fully saturated rings. The molecule has 1 nitrogen and oxygen atoms in total. The fourth-order valence-corrected chi connectivity index (χ4v) is 3.60. The lowest BCUT2D eigenvalue weighted by molar-refractivity contribution is -0.122. The average Bonchev–Trinajstić information content (AvgIpc) is 2.59. The van der Waals surface area contributed by atoms with Gasteiger partial charge in [0, 0.05) is 5.92 Å². The first-order valence-electron chi connectivity index (χ1n) is 8.97. The molecule has 1 saturated carbocycles. The molecule has 1 aliphatic carbocycles. The summed E-state index contributed by atoms with van der Waals surface area (Å²) in [7, 11) is 0. The molecule has 0 unspecified atom stereocenters. The van der Waals surface area contributed by atoms with Crippen LogP contribution >= 0.6 is 0 Å². The highest BCUT2D eigenvalue weighted by Crippen LogP contribution is 2.35. The minimum Gasteiger partial charge on any atom is -0.294 e. The smallest absolute Gasteiger partial charge is 0.162 e. The Balaban J connectivity index is 1.86. The van der Waals surface area contributed by atoms with Crippen molar-refractivity contribution in [3.8, 4) is 11.1 Å². The summed E-state index contributed by atoms with van der Waals surface area (Å²) < 4.78 is 0. The van der Waals surface area contributed by atoms with E-state index in [9.17, 15) is 4.79 Å². The number of carbonyl (C=O) groups is 1. The van der Waals surface area contributed by atoms with E-state index in [1.165, 1.54) is 11.1 Å². The molecule has 0 N–H and O–H groups in total. The molecule has 2 aromatic rings. The van der Waals surface area contributed by atoms with Crippen molar-refractivity contribution in [1.82, 2.24) is 0 Å². The third-order valence-corrected chi connectivity index (χ3v) is 5.21. The normalized spacial score (nSPS) is 23.0. The summed E-state index contributed by atoms with van der Waals surface area (Å²) in [6, 6.07) is 18.9. The van der Waals surface area contributed by atoms with Crippen molar-refractivity contribution in [3.05, 3.63) is 65.7 Å². The van der Waals surface area contributed by atoms with Crippen LogP contribution < -0.4 is 0 Å². The Labute approximate surface area is 145 Å². The third kappa shape index (κ3) is 3.51. The van der Waals surface area contributed by atoms with Gasteiger partial charge in [-0.15, -0.1) is 0 Å². The van der Waals surface area contributed by atoms with Crippen molar-refractivity contribution in [2.24, 2.45) is 17.8 Å². The van der Waals surface area contributed by atoms with Gasteiger partial charge in [0.1, 0.15) is 0 Å². The van der Waals surface area contributed by atoms with Crippen molar-refractivity contribution in [1.29, 1.82) is 0 Å². The Hall–Kier alpha value is -2.15. The maximum atomic E-state index is 12.8. The predicted octanol–water partition coefficient (Wildman–Crippen LogP) is 6.01. The maximum Gasteiger partial charge on any atom is 0.162 e. The third-order valence-electron chi connectivity index (χ3n) is 5.21. The minimum atomic E-state index is 0.191. The number of carbonyl (C=O) groups excluding carboxylic acids is 1. The largest absolute Gasteiger partial charge is 0.294 e. The fraction of sp³-hybridized carbons (Fsp3) is 0.348. The molecule has 3 rings (SSSR count). The van der Waals surface area contributed by atoms with Crippen LogP contribution in [0.25, 0.3) is 17.2 Å². The van der Waals surface area contributed by atoms with E-state index in [1.54, 1.807) is 0 Å². The molecular formula is C23H26O. The molecule has 124 valence electrons. The molecule has 0 spiro atoms. The number of rotatable bonds is 3. The van der Waals surface area contributed by atoms with Crippen molar-refractivity contribution >= 4 is 11.9 Å². The van der Waals surface area contributed by atoms with Gasteiger partial charge in [-0.2, -0.15) is 0 Å². The van der Waals surface area contributed by atoms with Gasteiger partial charge >= 0.3 is 0 Å². The summed E-state index contributed by atoms with van der Waals surface area (Å²) in [5.41, 5.74) is 4.56. The van der Waals surface area contributed by atoms with Gasteiger partial charge < -0.3 is 0 Å². The van der Waals surface area contributed by atoms with E-state index in [1.807, 2.05) is 6.07 Å². The van der Waals surface area contributed by atoms with Gasteiger partial charge in [0.2, 0.25) is 0 Å². The van der Waals surface area contributed by atoms with E-state index in [0.717, 1.165) is 24.0 Å². The van der Waals surface area contributed by atoms with E-state index in [2.05, 4.69) is 75.4 Å². The molecule has 24 heavy (non-hydrogen) atoms. The molecule has 1 heteroatoms. The highest BCUT2D eigenvalue weighted by atomic mass is 16.1. The molecule has 2 atom stereocenters. The van der Waals surface area contributed by atoms with Crippen LogP contribution in [0.5, 0.6) is 0 Å². The van der Waals surface area contributed by atoms with E-state index < -0.39 is 0 Å². The van der Waals surface area contributed by atoms with Crippen LogP contribution in [-0.4, -0.2) is 5.78 Å². The Morgan fingerprint density at radius 3 is 2.17 bits per heavy atom.